The molecular formula is C31H39ClF5N7OS2. The van der Waals surface area contributed by atoms with Gasteiger partial charge in [-0.25, -0.2) is 26.9 Å². The fourth-order valence-corrected chi connectivity index (χ4v) is 7.10. The molecule has 2 unspecified atom stereocenters. The van der Waals surface area contributed by atoms with Crippen molar-refractivity contribution in [2.24, 2.45) is 0 Å². The Morgan fingerprint density at radius 3 is 2.57 bits per heavy atom. The first-order chi connectivity index (χ1) is 22.5. The van der Waals surface area contributed by atoms with E-state index < -0.39 is 36.8 Å². The number of nitrogens with one attached hydrogen (secondary N) is 1. The van der Waals surface area contributed by atoms with Crippen LogP contribution in [0.15, 0.2) is 18.2 Å². The lowest BCUT2D eigenvalue weighted by Crippen LogP contribution is -2.39. The third kappa shape index (κ3) is 8.12. The topological polar surface area (TPSA) is 92.4 Å². The summed E-state index contributed by atoms with van der Waals surface area (Å²) in [6, 6.07) is 4.35. The summed E-state index contributed by atoms with van der Waals surface area (Å²) in [4.78, 5) is 16.1. The molecule has 0 aliphatic carbocycles. The van der Waals surface area contributed by atoms with Crippen LogP contribution in [0.1, 0.15) is 33.1 Å². The van der Waals surface area contributed by atoms with E-state index in [0.717, 1.165) is 24.3 Å². The number of nitrogens with two attached hydrogens (primary N) is 1. The van der Waals surface area contributed by atoms with Gasteiger partial charge in [-0.1, -0.05) is 36.8 Å². The molecule has 2 aromatic heterocycles. The zero-order valence-corrected chi connectivity index (χ0v) is 29.1. The van der Waals surface area contributed by atoms with E-state index in [0.29, 0.717) is 12.6 Å². The molecule has 0 radical (unpaired) electrons. The quantitative estimate of drug-likeness (QED) is 0.151. The Labute approximate surface area is 285 Å². The summed E-state index contributed by atoms with van der Waals surface area (Å²) in [5, 5.41) is 2.89. The van der Waals surface area contributed by atoms with E-state index in [2.05, 4.69) is 37.8 Å². The molecule has 3 saturated heterocycles. The van der Waals surface area contributed by atoms with Crippen molar-refractivity contribution in [3.8, 4) is 17.1 Å². The highest BCUT2D eigenvalue weighted by Gasteiger charge is 2.36. The lowest BCUT2D eigenvalue weighted by molar-refractivity contribution is 0.0156. The number of methoxy groups -OCH3 is 1. The van der Waals surface area contributed by atoms with Gasteiger partial charge in [-0.05, 0) is 50.3 Å². The standard InChI is InChI=1S/C21H17ClF4N6OS.C7H12FN.C2H6.CH4S/c1-33-20-30-15-10(18(31-20)32-5-4-28-7-21(25,26)8-32)6-11(22)13(14(15)24)9-2-3-12(23)17-16(9)29-19(27)34-17;8-6-4-7-2-1-3-9(7)5-6;2*1-2/h2-3,6,28H,4-5,7-8H2,1H3,(H2,27,29);6-7H,1-5H2;1-2H3;2H,1H3. The molecule has 0 saturated carbocycles. The van der Waals surface area contributed by atoms with Gasteiger partial charge in [-0.15, -0.1) is 0 Å². The Bertz CT molecular complexity index is 1670. The van der Waals surface area contributed by atoms with Crippen LogP contribution in [0.4, 0.5) is 32.9 Å². The second-order valence-corrected chi connectivity index (χ2v) is 12.3. The predicted molar refractivity (Wildman–Crippen MR) is 184 cm³/mol. The van der Waals surface area contributed by atoms with Gasteiger partial charge in [0.15, 0.2) is 10.9 Å². The van der Waals surface area contributed by atoms with E-state index in [4.69, 9.17) is 22.1 Å². The first-order valence-electron chi connectivity index (χ1n) is 15.3. The molecule has 7 rings (SSSR count). The second-order valence-electron chi connectivity index (χ2n) is 10.9. The van der Waals surface area contributed by atoms with Gasteiger partial charge in [-0.2, -0.15) is 22.6 Å². The summed E-state index contributed by atoms with van der Waals surface area (Å²) in [6.07, 6.45) is 4.51. The number of hydrogen-bond acceptors (Lipinski definition) is 10. The average molecular weight is 720 g/mol. The molecule has 2 aromatic carbocycles. The van der Waals surface area contributed by atoms with Crippen LogP contribution >= 0.6 is 35.6 Å². The van der Waals surface area contributed by atoms with Crippen molar-refractivity contribution in [1.29, 1.82) is 0 Å². The summed E-state index contributed by atoms with van der Waals surface area (Å²) in [6.45, 7) is 5.21. The van der Waals surface area contributed by atoms with E-state index in [9.17, 15) is 17.6 Å². The van der Waals surface area contributed by atoms with Gasteiger partial charge in [0, 0.05) is 42.2 Å². The van der Waals surface area contributed by atoms with Crippen LogP contribution in [0.2, 0.25) is 5.02 Å². The molecule has 0 bridgehead atoms. The highest BCUT2D eigenvalue weighted by atomic mass is 35.5. The van der Waals surface area contributed by atoms with Crippen LogP contribution in [-0.2, 0) is 0 Å². The Balaban J connectivity index is 0.000000323. The molecule has 2 atom stereocenters. The van der Waals surface area contributed by atoms with Crippen LogP contribution < -0.4 is 20.7 Å². The summed E-state index contributed by atoms with van der Waals surface area (Å²) in [5.41, 5.74) is 5.88. The van der Waals surface area contributed by atoms with E-state index in [-0.39, 0.29) is 67.3 Å². The molecule has 47 heavy (non-hydrogen) atoms. The Morgan fingerprint density at radius 1 is 1.13 bits per heavy atom. The number of thiazole rings is 1. The zero-order valence-electron chi connectivity index (χ0n) is 26.6. The molecule has 5 heterocycles. The molecule has 258 valence electrons. The van der Waals surface area contributed by atoms with Crippen molar-refractivity contribution in [2.75, 3.05) is 63.3 Å². The van der Waals surface area contributed by atoms with E-state index in [1.54, 1.807) is 6.26 Å². The fraction of sp³-hybridized carbons (Fsp3) is 0.516. The number of thiol groups is 1. The van der Waals surface area contributed by atoms with Gasteiger partial charge in [0.1, 0.15) is 23.3 Å². The van der Waals surface area contributed by atoms with Crippen LogP contribution in [0.5, 0.6) is 6.01 Å². The largest absolute Gasteiger partial charge is 0.467 e. The normalized spacial score (nSPS) is 20.4. The maximum atomic E-state index is 16.0. The number of ether oxygens (including phenoxy) is 1. The predicted octanol–water partition coefficient (Wildman–Crippen LogP) is 7.24. The number of halogens is 6. The lowest BCUT2D eigenvalue weighted by Gasteiger charge is -2.26. The van der Waals surface area contributed by atoms with Crippen LogP contribution in [0, 0.1) is 11.6 Å². The summed E-state index contributed by atoms with van der Waals surface area (Å²) in [7, 11) is 1.29. The number of aromatic nitrogens is 3. The number of rotatable bonds is 3. The lowest BCUT2D eigenvalue weighted by atomic mass is 10.0. The summed E-state index contributed by atoms with van der Waals surface area (Å²) in [5.74, 6) is -4.36. The SMILES string of the molecule is CC.COc1nc(N2CCNCC(F)(F)C2)c2cc(Cl)c(-c3ccc(F)c4sc(N)nc34)c(F)c2n1.CS.FC1CC2CCCN2C1. The summed E-state index contributed by atoms with van der Waals surface area (Å²) >= 11 is 11.0. The van der Waals surface area contributed by atoms with E-state index in [1.807, 2.05) is 13.8 Å². The molecule has 4 aromatic rings. The number of alkyl halides is 3. The molecule has 8 nitrogen and oxygen atoms in total. The fourth-order valence-electron chi connectivity index (χ4n) is 6.04. The van der Waals surface area contributed by atoms with Crippen LogP contribution in [0.25, 0.3) is 32.2 Å². The molecule has 16 heteroatoms. The van der Waals surface area contributed by atoms with Gasteiger partial charge in [-0.3, -0.25) is 4.90 Å². The number of nitrogens with zero attached hydrogens (tertiary/aromatic N) is 5. The van der Waals surface area contributed by atoms with Crippen molar-refractivity contribution in [2.45, 2.75) is 51.2 Å². The van der Waals surface area contributed by atoms with Crippen molar-refractivity contribution in [3.05, 3.63) is 34.9 Å². The highest BCUT2D eigenvalue weighted by molar-refractivity contribution is 7.79. The third-order valence-electron chi connectivity index (χ3n) is 7.93. The van der Waals surface area contributed by atoms with Gasteiger partial charge >= 0.3 is 6.01 Å². The van der Waals surface area contributed by atoms with Gasteiger partial charge in [0.25, 0.3) is 5.92 Å². The first kappa shape index (κ1) is 37.1. The Morgan fingerprint density at radius 2 is 1.87 bits per heavy atom. The maximum absolute atomic E-state index is 16.0. The molecule has 3 N–H and O–H groups in total. The summed E-state index contributed by atoms with van der Waals surface area (Å²) < 4.78 is 76.7. The van der Waals surface area contributed by atoms with Crippen molar-refractivity contribution in [3.63, 3.8) is 0 Å². The molecule has 3 aliphatic rings. The highest BCUT2D eigenvalue weighted by Crippen LogP contribution is 2.43. The monoisotopic (exact) mass is 719 g/mol. The van der Waals surface area contributed by atoms with Gasteiger partial charge < -0.3 is 20.7 Å². The zero-order chi connectivity index (χ0) is 34.5. The van der Waals surface area contributed by atoms with Gasteiger partial charge in [0.2, 0.25) is 0 Å². The second kappa shape index (κ2) is 16.1. The van der Waals surface area contributed by atoms with Crippen molar-refractivity contribution < 1.29 is 26.7 Å². The van der Waals surface area contributed by atoms with Crippen LogP contribution in [0.3, 0.4) is 0 Å². The Hall–Kier alpha value is -2.72. The average Bonchev–Trinajstić information content (AvgIpc) is 3.73. The van der Waals surface area contributed by atoms with Crippen LogP contribution in [-0.4, -0.2) is 90.6 Å². The minimum Gasteiger partial charge on any atom is -0.467 e. The molecule has 3 aliphatic heterocycles. The number of hydrogen-bond donors (Lipinski definition) is 3. The first-order valence-corrected chi connectivity index (χ1v) is 17.4. The number of nitrogen functional groups attached to an aromatic ring is 1. The Kier molecular flexibility index (Phi) is 12.7. The minimum atomic E-state index is -3.03. The number of benzene rings is 2. The van der Waals surface area contributed by atoms with Gasteiger partial charge in [0.05, 0.1) is 35.4 Å². The van der Waals surface area contributed by atoms with Crippen molar-refractivity contribution >= 4 is 67.6 Å². The number of anilines is 2. The molecular weight excluding hydrogens is 681 g/mol. The third-order valence-corrected chi connectivity index (χ3v) is 9.12. The number of fused-ring (bicyclic) bond motifs is 3. The molecule has 0 amide bonds. The molecule has 3 fully saturated rings. The minimum absolute atomic E-state index is 0.0424. The van der Waals surface area contributed by atoms with Crippen molar-refractivity contribution in [1.82, 2.24) is 25.2 Å². The molecule has 0 spiro atoms. The van der Waals surface area contributed by atoms with E-state index >= 15 is 4.39 Å². The van der Waals surface area contributed by atoms with E-state index in [1.165, 1.54) is 43.1 Å². The maximum Gasteiger partial charge on any atom is 0.318 e. The smallest absolute Gasteiger partial charge is 0.318 e.